The number of nitrogens with one attached hydrogen (secondary N) is 1. The molecule has 1 N–H and O–H groups in total. The van der Waals surface area contributed by atoms with Crippen LogP contribution in [0.25, 0.3) is 0 Å². The van der Waals surface area contributed by atoms with Crippen molar-refractivity contribution >= 4 is 17.3 Å². The van der Waals surface area contributed by atoms with Crippen molar-refractivity contribution in [1.82, 2.24) is 9.80 Å². The average Bonchev–Trinajstić information content (AvgIpc) is 2.88. The van der Waals surface area contributed by atoms with Gasteiger partial charge in [0.25, 0.3) is 0 Å². The van der Waals surface area contributed by atoms with Crippen LogP contribution in [0.1, 0.15) is 38.2 Å². The summed E-state index contributed by atoms with van der Waals surface area (Å²) in [6.07, 6.45) is 4.08. The molecule has 4 rings (SSSR count). The summed E-state index contributed by atoms with van der Waals surface area (Å²) in [5.41, 5.74) is 3.44. The molecule has 184 valence electrons. The van der Waals surface area contributed by atoms with Crippen molar-refractivity contribution in [3.8, 4) is 0 Å². The van der Waals surface area contributed by atoms with Gasteiger partial charge in [0.15, 0.2) is 0 Å². The van der Waals surface area contributed by atoms with E-state index < -0.39 is 0 Å². The van der Waals surface area contributed by atoms with Crippen molar-refractivity contribution in [3.63, 3.8) is 0 Å². The SMILES string of the molecule is CCCN(CCC(=O)Nc1ccc(N2CCOCC2)cc1)C1CCCN(Cc2ccccc2)C1. The molecule has 1 atom stereocenters. The summed E-state index contributed by atoms with van der Waals surface area (Å²) in [4.78, 5) is 20.2. The molecule has 0 saturated carbocycles. The second-order valence-electron chi connectivity index (χ2n) is 9.50. The Balaban J connectivity index is 1.25. The maximum absolute atomic E-state index is 12.7. The number of hydrogen-bond acceptors (Lipinski definition) is 5. The third-order valence-corrected chi connectivity index (χ3v) is 6.91. The van der Waals surface area contributed by atoms with Crippen LogP contribution < -0.4 is 10.2 Å². The molecule has 2 aliphatic rings. The monoisotopic (exact) mass is 464 g/mol. The maximum atomic E-state index is 12.7. The van der Waals surface area contributed by atoms with E-state index in [2.05, 4.69) is 69.4 Å². The van der Waals surface area contributed by atoms with Gasteiger partial charge >= 0.3 is 0 Å². The Morgan fingerprint density at radius 2 is 1.79 bits per heavy atom. The fraction of sp³-hybridized carbons (Fsp3) is 0.536. The number of benzene rings is 2. The molecule has 0 aliphatic carbocycles. The van der Waals surface area contributed by atoms with Crippen LogP contribution in [0.3, 0.4) is 0 Å². The molecule has 0 radical (unpaired) electrons. The Morgan fingerprint density at radius 1 is 1.03 bits per heavy atom. The molecule has 2 aromatic carbocycles. The molecule has 0 aromatic heterocycles. The second-order valence-corrected chi connectivity index (χ2v) is 9.50. The van der Waals surface area contributed by atoms with Crippen molar-refractivity contribution in [2.24, 2.45) is 0 Å². The minimum atomic E-state index is 0.0946. The molecule has 0 bridgehead atoms. The van der Waals surface area contributed by atoms with Gasteiger partial charge in [-0.15, -0.1) is 0 Å². The minimum absolute atomic E-state index is 0.0946. The second kappa shape index (κ2) is 12.9. The minimum Gasteiger partial charge on any atom is -0.378 e. The third-order valence-electron chi connectivity index (χ3n) is 6.91. The highest BCUT2D eigenvalue weighted by Crippen LogP contribution is 2.21. The van der Waals surface area contributed by atoms with Crippen LogP contribution >= 0.6 is 0 Å². The summed E-state index contributed by atoms with van der Waals surface area (Å²) in [5.74, 6) is 0.0946. The number of ether oxygens (including phenoxy) is 1. The molecule has 0 spiro atoms. The topological polar surface area (TPSA) is 48.1 Å². The van der Waals surface area contributed by atoms with Crippen LogP contribution in [0.2, 0.25) is 0 Å². The third kappa shape index (κ3) is 7.29. The van der Waals surface area contributed by atoms with Gasteiger partial charge in [0.05, 0.1) is 13.2 Å². The van der Waals surface area contributed by atoms with E-state index in [4.69, 9.17) is 4.74 Å². The molecule has 2 saturated heterocycles. The molecular weight excluding hydrogens is 424 g/mol. The van der Waals surface area contributed by atoms with Gasteiger partial charge in [-0.1, -0.05) is 37.3 Å². The molecule has 6 nitrogen and oxygen atoms in total. The highest BCUT2D eigenvalue weighted by molar-refractivity contribution is 5.91. The number of hydrogen-bond donors (Lipinski definition) is 1. The van der Waals surface area contributed by atoms with Crippen molar-refractivity contribution in [3.05, 3.63) is 60.2 Å². The van der Waals surface area contributed by atoms with Crippen LogP contribution in [0, 0.1) is 0 Å². The number of morpholine rings is 1. The number of amides is 1. The molecule has 2 fully saturated rings. The summed E-state index contributed by atoms with van der Waals surface area (Å²) in [6, 6.07) is 19.5. The van der Waals surface area contributed by atoms with E-state index in [0.717, 1.165) is 71.1 Å². The molecular formula is C28H40N4O2. The van der Waals surface area contributed by atoms with Gasteiger partial charge < -0.3 is 15.0 Å². The Labute approximate surface area is 204 Å². The van der Waals surface area contributed by atoms with E-state index in [0.29, 0.717) is 12.5 Å². The van der Waals surface area contributed by atoms with Crippen LogP contribution in [0.4, 0.5) is 11.4 Å². The van der Waals surface area contributed by atoms with Gasteiger partial charge in [0, 0.05) is 56.6 Å². The zero-order valence-electron chi connectivity index (χ0n) is 20.6. The van der Waals surface area contributed by atoms with Gasteiger partial charge in [0.2, 0.25) is 5.91 Å². The first kappa shape index (κ1) is 24.7. The van der Waals surface area contributed by atoms with E-state index in [1.807, 2.05) is 12.1 Å². The van der Waals surface area contributed by atoms with Gasteiger partial charge in [0.1, 0.15) is 0 Å². The number of rotatable bonds is 10. The van der Waals surface area contributed by atoms with E-state index >= 15 is 0 Å². The van der Waals surface area contributed by atoms with Gasteiger partial charge in [-0.3, -0.25) is 14.6 Å². The molecule has 1 unspecified atom stereocenters. The fourth-order valence-corrected chi connectivity index (χ4v) is 5.12. The van der Waals surface area contributed by atoms with Crippen molar-refractivity contribution in [2.45, 2.75) is 45.2 Å². The Morgan fingerprint density at radius 3 is 2.53 bits per heavy atom. The van der Waals surface area contributed by atoms with Gasteiger partial charge in [-0.25, -0.2) is 0 Å². The predicted molar refractivity (Wildman–Crippen MR) is 139 cm³/mol. The summed E-state index contributed by atoms with van der Waals surface area (Å²) in [6.45, 7) is 10.7. The predicted octanol–water partition coefficient (Wildman–Crippen LogP) is 4.23. The molecule has 6 heteroatoms. The van der Waals surface area contributed by atoms with Crippen molar-refractivity contribution in [2.75, 3.05) is 62.7 Å². The first-order chi connectivity index (χ1) is 16.7. The number of carbonyl (C=O) groups is 1. The molecule has 1 amide bonds. The summed E-state index contributed by atoms with van der Waals surface area (Å²) >= 11 is 0. The molecule has 34 heavy (non-hydrogen) atoms. The fourth-order valence-electron chi connectivity index (χ4n) is 5.12. The van der Waals surface area contributed by atoms with Crippen LogP contribution in [0.5, 0.6) is 0 Å². The Kier molecular flexibility index (Phi) is 9.36. The Bertz CT molecular complexity index is 868. The van der Waals surface area contributed by atoms with Crippen molar-refractivity contribution < 1.29 is 9.53 Å². The van der Waals surface area contributed by atoms with E-state index in [9.17, 15) is 4.79 Å². The number of carbonyl (C=O) groups excluding carboxylic acids is 1. The molecule has 2 aliphatic heterocycles. The summed E-state index contributed by atoms with van der Waals surface area (Å²) in [5, 5.41) is 3.09. The smallest absolute Gasteiger partial charge is 0.225 e. The first-order valence-corrected chi connectivity index (χ1v) is 12.9. The first-order valence-electron chi connectivity index (χ1n) is 12.9. The van der Waals surface area contributed by atoms with Crippen LogP contribution in [0.15, 0.2) is 54.6 Å². The normalized spacial score (nSPS) is 19.4. The zero-order chi connectivity index (χ0) is 23.6. The van der Waals surface area contributed by atoms with Gasteiger partial charge in [-0.05, 0) is 62.2 Å². The highest BCUT2D eigenvalue weighted by atomic mass is 16.5. The lowest BCUT2D eigenvalue weighted by molar-refractivity contribution is -0.116. The number of nitrogens with zero attached hydrogens (tertiary/aromatic N) is 3. The lowest BCUT2D eigenvalue weighted by Crippen LogP contribution is -2.48. The van der Waals surface area contributed by atoms with Crippen LogP contribution in [-0.4, -0.2) is 74.2 Å². The summed E-state index contributed by atoms with van der Waals surface area (Å²) < 4.78 is 5.43. The largest absolute Gasteiger partial charge is 0.378 e. The number of anilines is 2. The van der Waals surface area contributed by atoms with E-state index in [-0.39, 0.29) is 5.91 Å². The molecule has 2 aromatic rings. The number of likely N-dealkylation sites (tertiary alicyclic amines) is 1. The summed E-state index contributed by atoms with van der Waals surface area (Å²) in [7, 11) is 0. The van der Waals surface area contributed by atoms with E-state index in [1.54, 1.807) is 0 Å². The van der Waals surface area contributed by atoms with Crippen LogP contribution in [-0.2, 0) is 16.1 Å². The standard InChI is InChI=1S/C28H40N4O2/c1-2-15-31(27-9-6-16-30(23-27)22-24-7-4-3-5-8-24)17-14-28(33)29-25-10-12-26(13-11-25)32-18-20-34-21-19-32/h3-5,7-8,10-13,27H,2,6,9,14-23H2,1H3,(H,29,33). The Hall–Kier alpha value is -2.41. The van der Waals surface area contributed by atoms with Gasteiger partial charge in [-0.2, -0.15) is 0 Å². The number of piperidine rings is 1. The zero-order valence-corrected chi connectivity index (χ0v) is 20.6. The van der Waals surface area contributed by atoms with Crippen molar-refractivity contribution in [1.29, 1.82) is 0 Å². The quantitative estimate of drug-likeness (QED) is 0.570. The maximum Gasteiger partial charge on any atom is 0.225 e. The average molecular weight is 465 g/mol. The lowest BCUT2D eigenvalue weighted by atomic mass is 10.0. The highest BCUT2D eigenvalue weighted by Gasteiger charge is 2.25. The van der Waals surface area contributed by atoms with E-state index in [1.165, 1.54) is 24.1 Å². The lowest BCUT2D eigenvalue weighted by Gasteiger charge is -2.39. The molecule has 2 heterocycles.